The van der Waals surface area contributed by atoms with Crippen molar-refractivity contribution in [3.8, 4) is 17.2 Å². The molecule has 2 aliphatic rings. The second kappa shape index (κ2) is 9.29. The minimum absolute atomic E-state index is 0.184. The minimum Gasteiger partial charge on any atom is -0.504 e. The van der Waals surface area contributed by atoms with E-state index in [9.17, 15) is 10.2 Å². The van der Waals surface area contributed by atoms with Crippen molar-refractivity contribution in [3.63, 3.8) is 0 Å². The molecule has 1 aromatic heterocycles. The Kier molecular flexibility index (Phi) is 5.57. The van der Waals surface area contributed by atoms with Crippen molar-refractivity contribution >= 4 is 46.2 Å². The zero-order valence-corrected chi connectivity index (χ0v) is 22.1. The zero-order chi connectivity index (χ0) is 27.4. The number of amidine groups is 2. The second-order valence-electron chi connectivity index (χ2n) is 9.61. The summed E-state index contributed by atoms with van der Waals surface area (Å²) in [6, 6.07) is 29.6. The van der Waals surface area contributed by atoms with Crippen LogP contribution in [0.4, 0.5) is 22.9 Å². The Hall–Kier alpha value is -5.08. The number of aromatic hydroxyl groups is 2. The second-order valence-corrected chi connectivity index (χ2v) is 10.0. The maximum absolute atomic E-state index is 10.5. The van der Waals surface area contributed by atoms with Gasteiger partial charge in [-0.1, -0.05) is 48.0 Å². The monoisotopic (exact) mass is 546 g/mol. The number of phenols is 2. The molecule has 0 aliphatic carbocycles. The highest BCUT2D eigenvalue weighted by molar-refractivity contribution is 6.51. The van der Waals surface area contributed by atoms with Gasteiger partial charge in [0.25, 0.3) is 0 Å². The van der Waals surface area contributed by atoms with E-state index in [-0.39, 0.29) is 11.5 Å². The molecule has 7 rings (SSSR count). The lowest BCUT2D eigenvalue weighted by atomic mass is 9.93. The molecule has 2 aliphatic heterocycles. The number of aromatic nitrogens is 2. The van der Waals surface area contributed by atoms with Crippen LogP contribution in [0.15, 0.2) is 107 Å². The van der Waals surface area contributed by atoms with Gasteiger partial charge in [0, 0.05) is 16.3 Å². The van der Waals surface area contributed by atoms with Crippen LogP contribution < -0.4 is 10.2 Å². The van der Waals surface area contributed by atoms with E-state index in [0.717, 1.165) is 39.6 Å². The summed E-state index contributed by atoms with van der Waals surface area (Å²) in [5.74, 6) is 1.43. The summed E-state index contributed by atoms with van der Waals surface area (Å²) in [7, 11) is 0. The Morgan fingerprint density at radius 1 is 0.825 bits per heavy atom. The van der Waals surface area contributed by atoms with Crippen LogP contribution in [0.1, 0.15) is 22.9 Å². The molecular formula is C31H23ClN6O2. The minimum atomic E-state index is -0.426. The summed E-state index contributed by atoms with van der Waals surface area (Å²) in [6.45, 7) is 1.96. The van der Waals surface area contributed by atoms with Crippen LogP contribution in [0.3, 0.4) is 0 Å². The summed E-state index contributed by atoms with van der Waals surface area (Å²) in [5.41, 5.74) is 5.76. The number of nitrogens with zero attached hydrogens (tertiary/aromatic N) is 5. The van der Waals surface area contributed by atoms with Gasteiger partial charge < -0.3 is 20.4 Å². The van der Waals surface area contributed by atoms with Gasteiger partial charge in [-0.25, -0.2) is 14.7 Å². The lowest BCUT2D eigenvalue weighted by Gasteiger charge is -2.40. The predicted molar refractivity (Wildman–Crippen MR) is 158 cm³/mol. The van der Waals surface area contributed by atoms with Crippen molar-refractivity contribution in [1.82, 2.24) is 9.78 Å². The molecule has 3 heterocycles. The van der Waals surface area contributed by atoms with Crippen LogP contribution in [0.5, 0.6) is 11.5 Å². The number of phenolic OH excluding ortho intramolecular Hbond substituents is 2. The molecule has 0 radical (unpaired) electrons. The standard InChI is InChI=1S/C31H23ClN6O2/c1-18-27-28(19-11-16-25(39)26(40)17-19)37-24-10-6-5-9-23(24)34-29(33-21-14-12-20(32)13-15-21)31(37)35-30(27)38(36-18)22-7-3-2-4-8-22/h2-17,28,39-40H,1H3,(H,33,34)/t28-/m1/s1. The van der Waals surface area contributed by atoms with Crippen molar-refractivity contribution in [2.45, 2.75) is 13.0 Å². The van der Waals surface area contributed by atoms with Crippen molar-refractivity contribution in [2.24, 2.45) is 9.98 Å². The average Bonchev–Trinajstić information content (AvgIpc) is 3.31. The average molecular weight is 547 g/mol. The first kappa shape index (κ1) is 24.0. The quantitative estimate of drug-likeness (QED) is 0.211. The summed E-state index contributed by atoms with van der Waals surface area (Å²) in [5, 5.41) is 29.6. The third kappa shape index (κ3) is 3.88. The fourth-order valence-electron chi connectivity index (χ4n) is 5.24. The van der Waals surface area contributed by atoms with Crippen LogP contribution in [0.2, 0.25) is 5.02 Å². The molecule has 0 fully saturated rings. The Balaban J connectivity index is 1.50. The molecule has 0 amide bonds. The highest BCUT2D eigenvalue weighted by Gasteiger charge is 2.41. The molecule has 9 heteroatoms. The van der Waals surface area contributed by atoms with Gasteiger partial charge in [0.1, 0.15) is 0 Å². The molecule has 3 N–H and O–H groups in total. The van der Waals surface area contributed by atoms with Gasteiger partial charge in [0.05, 0.1) is 28.8 Å². The maximum Gasteiger partial charge on any atom is 0.179 e. The van der Waals surface area contributed by atoms with Crippen molar-refractivity contribution in [1.29, 1.82) is 0 Å². The summed E-state index contributed by atoms with van der Waals surface area (Å²) in [6.07, 6.45) is 0. The molecule has 1 atom stereocenters. The number of fused-ring (bicyclic) bond motifs is 4. The number of hydrogen-bond acceptors (Lipinski definition) is 7. The highest BCUT2D eigenvalue weighted by Crippen LogP contribution is 2.49. The van der Waals surface area contributed by atoms with Crippen molar-refractivity contribution in [2.75, 3.05) is 10.2 Å². The number of rotatable bonds is 3. The number of anilines is 2. The predicted octanol–water partition coefficient (Wildman–Crippen LogP) is 7.04. The molecule has 0 bridgehead atoms. The SMILES string of the molecule is Cc1nn(-c2ccccc2)c2c1[C@@H](c1ccc(O)c(O)c1)N1C(=N2)C(Nc2ccc(Cl)cc2)=Nc2ccccc21. The topological polar surface area (TPSA) is 98.3 Å². The Morgan fingerprint density at radius 2 is 1.57 bits per heavy atom. The molecule has 0 saturated heterocycles. The van der Waals surface area contributed by atoms with E-state index >= 15 is 0 Å². The number of benzene rings is 4. The number of para-hydroxylation sites is 3. The molecule has 4 aromatic carbocycles. The summed E-state index contributed by atoms with van der Waals surface area (Å²) in [4.78, 5) is 12.3. The van der Waals surface area contributed by atoms with Crippen LogP contribution in [0, 0.1) is 6.92 Å². The lowest BCUT2D eigenvalue weighted by Crippen LogP contribution is -2.46. The van der Waals surface area contributed by atoms with Crippen LogP contribution >= 0.6 is 11.6 Å². The van der Waals surface area contributed by atoms with E-state index in [2.05, 4.69) is 10.2 Å². The van der Waals surface area contributed by atoms with Gasteiger partial charge in [-0.05, 0) is 73.2 Å². The molecule has 8 nitrogen and oxygen atoms in total. The van der Waals surface area contributed by atoms with Crippen molar-refractivity contribution in [3.05, 3.63) is 119 Å². The van der Waals surface area contributed by atoms with E-state index in [1.807, 2.05) is 96.5 Å². The third-order valence-corrected chi connectivity index (χ3v) is 7.31. The number of halogens is 1. The number of nitrogens with one attached hydrogen (secondary N) is 1. The lowest BCUT2D eigenvalue weighted by molar-refractivity contribution is 0.403. The van der Waals surface area contributed by atoms with Gasteiger partial charge >= 0.3 is 0 Å². The third-order valence-electron chi connectivity index (χ3n) is 7.06. The summed E-state index contributed by atoms with van der Waals surface area (Å²) >= 11 is 6.14. The first-order valence-electron chi connectivity index (χ1n) is 12.7. The Morgan fingerprint density at radius 3 is 2.35 bits per heavy atom. The van der Waals surface area contributed by atoms with Gasteiger partial charge in [-0.15, -0.1) is 0 Å². The van der Waals surface area contributed by atoms with Gasteiger partial charge in [-0.2, -0.15) is 5.10 Å². The van der Waals surface area contributed by atoms with E-state index in [4.69, 9.17) is 26.7 Å². The summed E-state index contributed by atoms with van der Waals surface area (Å²) < 4.78 is 1.84. The number of hydrogen-bond donors (Lipinski definition) is 3. The molecule has 40 heavy (non-hydrogen) atoms. The van der Waals surface area contributed by atoms with E-state index < -0.39 is 6.04 Å². The largest absolute Gasteiger partial charge is 0.504 e. The van der Waals surface area contributed by atoms with Gasteiger partial charge in [0.15, 0.2) is 29.0 Å². The Labute approximate surface area is 235 Å². The first-order chi connectivity index (χ1) is 19.5. The normalized spacial score (nSPS) is 15.4. The number of aryl methyl sites for hydroxylation is 1. The van der Waals surface area contributed by atoms with Crippen LogP contribution in [-0.2, 0) is 0 Å². The maximum atomic E-state index is 10.5. The molecule has 5 aromatic rings. The van der Waals surface area contributed by atoms with E-state index in [0.29, 0.717) is 22.5 Å². The van der Waals surface area contributed by atoms with Gasteiger partial charge in [0.2, 0.25) is 0 Å². The smallest absolute Gasteiger partial charge is 0.179 e. The van der Waals surface area contributed by atoms with E-state index in [1.54, 1.807) is 6.07 Å². The molecule has 0 spiro atoms. The van der Waals surface area contributed by atoms with Crippen LogP contribution in [-0.4, -0.2) is 31.7 Å². The number of aliphatic imine (C=N–C) groups is 2. The molecule has 0 saturated carbocycles. The van der Waals surface area contributed by atoms with Crippen molar-refractivity contribution < 1.29 is 10.2 Å². The Bertz CT molecular complexity index is 1830. The molecule has 0 unspecified atom stereocenters. The molecular weight excluding hydrogens is 524 g/mol. The zero-order valence-electron chi connectivity index (χ0n) is 21.3. The fourth-order valence-corrected chi connectivity index (χ4v) is 5.37. The van der Waals surface area contributed by atoms with E-state index in [1.165, 1.54) is 6.07 Å². The molecule has 196 valence electrons. The van der Waals surface area contributed by atoms with Gasteiger partial charge in [-0.3, -0.25) is 0 Å². The fraction of sp³-hybridized carbons (Fsp3) is 0.0645. The van der Waals surface area contributed by atoms with Crippen LogP contribution in [0.25, 0.3) is 5.69 Å². The first-order valence-corrected chi connectivity index (χ1v) is 13.1. The highest BCUT2D eigenvalue weighted by atomic mass is 35.5.